The molecule has 1 saturated heterocycles. The van der Waals surface area contributed by atoms with Crippen molar-refractivity contribution < 1.29 is 4.79 Å². The number of aromatic nitrogens is 3. The van der Waals surface area contributed by atoms with Crippen molar-refractivity contribution >= 4 is 28.1 Å². The third-order valence-corrected chi connectivity index (χ3v) is 6.92. The molecule has 0 N–H and O–H groups in total. The number of fused-ring (bicyclic) bond motifs is 2. The third-order valence-electron chi connectivity index (χ3n) is 6.92. The number of amides is 1. The van der Waals surface area contributed by atoms with Crippen LogP contribution in [0.1, 0.15) is 12.6 Å². The Kier molecular flexibility index (Phi) is 5.21. The average Bonchev–Trinajstić information content (AvgIpc) is 3.31. The standard InChI is InChI=1S/C29H27N5O/c1-20-17-26(25-5-3-4-6-27(25)31-20)28-19-30-29-18-23(11-12-34(28)29)22-7-9-24(10-8-22)33-15-13-32(14-16-33)21(2)35/h3-12,17-19H,13-16H2,1-2H3. The summed E-state index contributed by atoms with van der Waals surface area (Å²) < 4.78 is 2.15. The Labute approximate surface area is 204 Å². The van der Waals surface area contributed by atoms with Crippen molar-refractivity contribution in [3.05, 3.63) is 84.8 Å². The molecular formula is C29H27N5O. The number of anilines is 1. The highest BCUT2D eigenvalue weighted by Gasteiger charge is 2.19. The van der Waals surface area contributed by atoms with Crippen molar-refractivity contribution in [2.45, 2.75) is 13.8 Å². The second-order valence-corrected chi connectivity index (χ2v) is 9.16. The van der Waals surface area contributed by atoms with Gasteiger partial charge >= 0.3 is 0 Å². The smallest absolute Gasteiger partial charge is 0.219 e. The Morgan fingerprint density at radius 1 is 0.886 bits per heavy atom. The molecule has 1 fully saturated rings. The van der Waals surface area contributed by atoms with E-state index < -0.39 is 0 Å². The number of pyridine rings is 2. The van der Waals surface area contributed by atoms with Gasteiger partial charge in [0, 0.05) is 61.6 Å². The summed E-state index contributed by atoms with van der Waals surface area (Å²) >= 11 is 0. The molecule has 4 heterocycles. The SMILES string of the molecule is CC(=O)N1CCN(c2ccc(-c3ccn4c(-c5cc(C)nc6ccccc56)cnc4c3)cc2)CC1. The molecule has 6 nitrogen and oxygen atoms in total. The Morgan fingerprint density at radius 3 is 2.43 bits per heavy atom. The van der Waals surface area contributed by atoms with E-state index in [1.807, 2.05) is 24.1 Å². The largest absolute Gasteiger partial charge is 0.368 e. The number of aryl methyl sites for hydroxylation is 1. The number of hydrogen-bond donors (Lipinski definition) is 0. The summed E-state index contributed by atoms with van der Waals surface area (Å²) in [5.41, 5.74) is 8.61. The van der Waals surface area contributed by atoms with Gasteiger partial charge in [-0.1, -0.05) is 30.3 Å². The van der Waals surface area contributed by atoms with Crippen molar-refractivity contribution in [1.29, 1.82) is 0 Å². The molecule has 1 aliphatic heterocycles. The van der Waals surface area contributed by atoms with Gasteiger partial charge in [0.05, 0.1) is 17.4 Å². The monoisotopic (exact) mass is 461 g/mol. The van der Waals surface area contributed by atoms with Gasteiger partial charge in [-0.2, -0.15) is 0 Å². The van der Waals surface area contributed by atoms with Crippen LogP contribution in [0.15, 0.2) is 79.1 Å². The van der Waals surface area contributed by atoms with Crippen molar-refractivity contribution in [2.75, 3.05) is 31.1 Å². The van der Waals surface area contributed by atoms with E-state index in [0.29, 0.717) is 0 Å². The maximum absolute atomic E-state index is 11.6. The minimum Gasteiger partial charge on any atom is -0.368 e. The lowest BCUT2D eigenvalue weighted by atomic mass is 10.0. The zero-order valence-corrected chi connectivity index (χ0v) is 20.0. The first-order valence-corrected chi connectivity index (χ1v) is 12.0. The van der Waals surface area contributed by atoms with Crippen LogP contribution in [0.4, 0.5) is 5.69 Å². The van der Waals surface area contributed by atoms with Crippen LogP contribution in [0, 0.1) is 6.92 Å². The van der Waals surface area contributed by atoms with Crippen LogP contribution >= 0.6 is 0 Å². The lowest BCUT2D eigenvalue weighted by Gasteiger charge is -2.35. The van der Waals surface area contributed by atoms with Gasteiger partial charge in [0.15, 0.2) is 0 Å². The van der Waals surface area contributed by atoms with E-state index in [1.165, 1.54) is 5.69 Å². The fourth-order valence-electron chi connectivity index (χ4n) is 5.02. The van der Waals surface area contributed by atoms with E-state index in [0.717, 1.165) is 70.8 Å². The molecule has 174 valence electrons. The number of para-hydroxylation sites is 1. The van der Waals surface area contributed by atoms with Gasteiger partial charge < -0.3 is 9.80 Å². The maximum Gasteiger partial charge on any atom is 0.219 e. The van der Waals surface area contributed by atoms with E-state index in [1.54, 1.807) is 6.92 Å². The summed E-state index contributed by atoms with van der Waals surface area (Å²) in [6.07, 6.45) is 4.05. The number of hydrogen-bond acceptors (Lipinski definition) is 4. The first kappa shape index (κ1) is 21.4. The minimum absolute atomic E-state index is 0.157. The lowest BCUT2D eigenvalue weighted by Crippen LogP contribution is -2.48. The first-order valence-electron chi connectivity index (χ1n) is 12.0. The van der Waals surface area contributed by atoms with E-state index in [2.05, 4.69) is 81.1 Å². The third kappa shape index (κ3) is 3.91. The second-order valence-electron chi connectivity index (χ2n) is 9.16. The number of imidazole rings is 1. The molecule has 1 amide bonds. The minimum atomic E-state index is 0.157. The first-order chi connectivity index (χ1) is 17.1. The van der Waals surface area contributed by atoms with Crippen molar-refractivity contribution in [2.24, 2.45) is 0 Å². The molecule has 1 aliphatic rings. The molecule has 0 bridgehead atoms. The van der Waals surface area contributed by atoms with Crippen LogP contribution in [0.3, 0.4) is 0 Å². The van der Waals surface area contributed by atoms with Crippen LogP contribution in [0.2, 0.25) is 0 Å². The number of benzene rings is 2. The molecule has 0 spiro atoms. The molecule has 0 radical (unpaired) electrons. The second kappa shape index (κ2) is 8.55. The number of carbonyl (C=O) groups excluding carboxylic acids is 1. The van der Waals surface area contributed by atoms with E-state index >= 15 is 0 Å². The molecule has 0 aliphatic carbocycles. The van der Waals surface area contributed by atoms with E-state index in [9.17, 15) is 4.79 Å². The molecule has 2 aromatic carbocycles. The summed E-state index contributed by atoms with van der Waals surface area (Å²) in [5, 5.41) is 1.13. The predicted octanol–water partition coefficient (Wildman–Crippen LogP) is 5.19. The Balaban J connectivity index is 1.29. The summed E-state index contributed by atoms with van der Waals surface area (Å²) in [6, 6.07) is 23.4. The maximum atomic E-state index is 11.6. The van der Waals surface area contributed by atoms with Crippen molar-refractivity contribution in [1.82, 2.24) is 19.3 Å². The van der Waals surface area contributed by atoms with Gasteiger partial charge in [-0.3, -0.25) is 14.2 Å². The Morgan fingerprint density at radius 2 is 1.66 bits per heavy atom. The van der Waals surface area contributed by atoms with Crippen LogP contribution in [-0.4, -0.2) is 51.4 Å². The lowest BCUT2D eigenvalue weighted by molar-refractivity contribution is -0.129. The number of nitrogens with zero attached hydrogens (tertiary/aromatic N) is 5. The molecular weight excluding hydrogens is 434 g/mol. The average molecular weight is 462 g/mol. The number of piperazine rings is 1. The van der Waals surface area contributed by atoms with Crippen LogP contribution in [-0.2, 0) is 4.79 Å². The molecule has 3 aromatic heterocycles. The summed E-state index contributed by atoms with van der Waals surface area (Å²) in [7, 11) is 0. The molecule has 6 heteroatoms. The van der Waals surface area contributed by atoms with Gasteiger partial charge in [-0.25, -0.2) is 4.98 Å². The molecule has 0 atom stereocenters. The van der Waals surface area contributed by atoms with Gasteiger partial charge in [-0.05, 0) is 54.4 Å². The van der Waals surface area contributed by atoms with Crippen LogP contribution in [0.25, 0.3) is 38.9 Å². The van der Waals surface area contributed by atoms with E-state index in [4.69, 9.17) is 4.98 Å². The van der Waals surface area contributed by atoms with E-state index in [-0.39, 0.29) is 5.91 Å². The van der Waals surface area contributed by atoms with Crippen molar-refractivity contribution in [3.8, 4) is 22.4 Å². The topological polar surface area (TPSA) is 53.7 Å². The highest BCUT2D eigenvalue weighted by atomic mass is 16.2. The van der Waals surface area contributed by atoms with Crippen LogP contribution < -0.4 is 4.90 Å². The van der Waals surface area contributed by atoms with Gasteiger partial charge in [-0.15, -0.1) is 0 Å². The summed E-state index contributed by atoms with van der Waals surface area (Å²) in [4.78, 5) is 25.3. The fourth-order valence-corrected chi connectivity index (χ4v) is 5.02. The fraction of sp³-hybridized carbons (Fsp3) is 0.207. The summed E-state index contributed by atoms with van der Waals surface area (Å²) in [6.45, 7) is 6.97. The molecule has 5 aromatic rings. The van der Waals surface area contributed by atoms with Gasteiger partial charge in [0.2, 0.25) is 5.91 Å². The zero-order valence-electron chi connectivity index (χ0n) is 20.0. The highest BCUT2D eigenvalue weighted by Crippen LogP contribution is 2.31. The molecule has 6 rings (SSSR count). The zero-order chi connectivity index (χ0) is 23.9. The number of carbonyl (C=O) groups is 1. The summed E-state index contributed by atoms with van der Waals surface area (Å²) in [5.74, 6) is 0.157. The predicted molar refractivity (Wildman–Crippen MR) is 141 cm³/mol. The van der Waals surface area contributed by atoms with Gasteiger partial charge in [0.1, 0.15) is 5.65 Å². The normalized spacial score (nSPS) is 14.1. The highest BCUT2D eigenvalue weighted by molar-refractivity contribution is 5.94. The molecule has 0 unspecified atom stereocenters. The molecule has 0 saturated carbocycles. The Bertz CT molecular complexity index is 1550. The van der Waals surface area contributed by atoms with Crippen molar-refractivity contribution in [3.63, 3.8) is 0 Å². The molecule has 35 heavy (non-hydrogen) atoms. The number of rotatable bonds is 3. The quantitative estimate of drug-likeness (QED) is 0.371. The Hall–Kier alpha value is -4.19. The van der Waals surface area contributed by atoms with Crippen LogP contribution in [0.5, 0.6) is 0 Å². The van der Waals surface area contributed by atoms with Gasteiger partial charge in [0.25, 0.3) is 0 Å².